The number of amides is 1. The number of carbonyl (C=O) groups excluding carboxylic acids is 1. The molecule has 0 unspecified atom stereocenters. The Morgan fingerprint density at radius 1 is 1.25 bits per heavy atom. The fourth-order valence-electron chi connectivity index (χ4n) is 1.04. The molecule has 0 heterocycles. The average molecular weight is 188 g/mol. The number of carbonyl (C=O) groups is 1. The van der Waals surface area contributed by atoms with Gasteiger partial charge < -0.3 is 0 Å². The Morgan fingerprint density at radius 3 is 1.92 bits per heavy atom. The minimum atomic E-state index is -0.422. The van der Waals surface area contributed by atoms with Crippen molar-refractivity contribution in [3.8, 4) is 0 Å². The average Bonchev–Trinajstić information content (AvgIpc) is 1.84. The molecule has 0 aliphatic rings. The van der Waals surface area contributed by atoms with Crippen LogP contribution in [0.1, 0.15) is 27.7 Å². The molecule has 0 fully saturated rings. The topological polar surface area (TPSA) is 41.5 Å². The van der Waals surface area contributed by atoms with E-state index in [1.54, 1.807) is 0 Å². The van der Waals surface area contributed by atoms with Crippen molar-refractivity contribution in [2.24, 2.45) is 16.9 Å². The minimum absolute atomic E-state index is 0.352. The normalized spacial score (nSPS) is 10.2. The number of nitrogens with one attached hydrogen (secondary N) is 1. The van der Waals surface area contributed by atoms with Gasteiger partial charge in [-0.1, -0.05) is 40.3 Å². The lowest BCUT2D eigenvalue weighted by atomic mass is 9.98. The van der Waals surface area contributed by atoms with E-state index in [9.17, 15) is 4.79 Å². The summed E-state index contributed by atoms with van der Waals surface area (Å²) < 4.78 is 0. The molecule has 0 aromatic rings. The van der Waals surface area contributed by atoms with Gasteiger partial charge in [0.05, 0.1) is 0 Å². The monoisotopic (exact) mass is 188 g/mol. The highest BCUT2D eigenvalue weighted by atomic mass is 32.1. The second-order valence-corrected chi connectivity index (χ2v) is 3.67. The minimum Gasteiger partial charge on any atom is -0.260 e. The molecule has 0 saturated carbocycles. The molecule has 0 aromatic carbocycles. The van der Waals surface area contributed by atoms with Crippen molar-refractivity contribution in [2.45, 2.75) is 27.7 Å². The highest BCUT2D eigenvalue weighted by Gasteiger charge is 2.09. The summed E-state index contributed by atoms with van der Waals surface area (Å²) in [6.07, 6.45) is 0. The van der Waals surface area contributed by atoms with Crippen LogP contribution in [0.15, 0.2) is 5.10 Å². The molecule has 0 rings (SSSR count). The molecule has 1 amide bonds. The fourth-order valence-corrected chi connectivity index (χ4v) is 1.09. The molecule has 0 saturated heterocycles. The Morgan fingerprint density at radius 2 is 1.67 bits per heavy atom. The zero-order valence-corrected chi connectivity index (χ0v) is 8.85. The summed E-state index contributed by atoms with van der Waals surface area (Å²) in [6, 6.07) is 0. The number of hydrogen-bond donors (Lipinski definition) is 2. The SMILES string of the molecule is CC(C)C(=NNC(=O)S)C(C)C. The Balaban J connectivity index is 4.29. The number of hydrazone groups is 1. The van der Waals surface area contributed by atoms with Gasteiger partial charge >= 0.3 is 0 Å². The van der Waals surface area contributed by atoms with Crippen LogP contribution in [0.4, 0.5) is 4.79 Å². The first-order valence-electron chi connectivity index (χ1n) is 4.01. The smallest absolute Gasteiger partial charge is 0.260 e. The summed E-state index contributed by atoms with van der Waals surface area (Å²) in [5.74, 6) is 0.704. The van der Waals surface area contributed by atoms with E-state index in [1.165, 1.54) is 0 Å². The van der Waals surface area contributed by atoms with Crippen molar-refractivity contribution >= 4 is 23.6 Å². The molecule has 0 radical (unpaired) electrons. The lowest BCUT2D eigenvalue weighted by Crippen LogP contribution is -2.21. The lowest BCUT2D eigenvalue weighted by Gasteiger charge is -2.12. The predicted octanol–water partition coefficient (Wildman–Crippen LogP) is 2.29. The summed E-state index contributed by atoms with van der Waals surface area (Å²) in [5, 5.41) is 3.54. The largest absolute Gasteiger partial charge is 0.296 e. The van der Waals surface area contributed by atoms with E-state index in [-0.39, 0.29) is 0 Å². The van der Waals surface area contributed by atoms with Crippen molar-refractivity contribution in [1.82, 2.24) is 5.43 Å². The van der Waals surface area contributed by atoms with Crippen LogP contribution >= 0.6 is 12.6 Å². The Bertz CT molecular complexity index is 177. The highest BCUT2D eigenvalue weighted by Crippen LogP contribution is 2.06. The first-order valence-corrected chi connectivity index (χ1v) is 4.46. The van der Waals surface area contributed by atoms with Gasteiger partial charge in [-0.15, -0.1) is 0 Å². The van der Waals surface area contributed by atoms with E-state index in [2.05, 4.69) is 23.2 Å². The molecular weight excluding hydrogens is 172 g/mol. The Labute approximate surface area is 79.0 Å². The van der Waals surface area contributed by atoms with Gasteiger partial charge in [-0.2, -0.15) is 5.10 Å². The third kappa shape index (κ3) is 4.38. The van der Waals surface area contributed by atoms with Gasteiger partial charge in [-0.25, -0.2) is 5.43 Å². The maximum atomic E-state index is 10.4. The zero-order chi connectivity index (χ0) is 9.72. The Hall–Kier alpha value is -0.510. The maximum absolute atomic E-state index is 10.4. The van der Waals surface area contributed by atoms with E-state index in [0.717, 1.165) is 5.71 Å². The van der Waals surface area contributed by atoms with Crippen molar-refractivity contribution in [3.05, 3.63) is 0 Å². The molecule has 1 N–H and O–H groups in total. The summed E-state index contributed by atoms with van der Waals surface area (Å²) in [6.45, 7) is 8.18. The van der Waals surface area contributed by atoms with Crippen molar-refractivity contribution in [2.75, 3.05) is 0 Å². The molecule has 0 bridgehead atoms. The molecule has 0 aliphatic heterocycles. The van der Waals surface area contributed by atoms with E-state index < -0.39 is 5.24 Å². The predicted molar refractivity (Wildman–Crippen MR) is 54.6 cm³/mol. The van der Waals surface area contributed by atoms with Crippen molar-refractivity contribution in [3.63, 3.8) is 0 Å². The molecule has 12 heavy (non-hydrogen) atoms. The number of nitrogens with zero attached hydrogens (tertiary/aromatic N) is 1. The standard InChI is InChI=1S/C8H16N2OS/c1-5(2)7(6(3)4)9-10-8(11)12/h5-6H,1-4H3,(H2,10,11,12). The quantitative estimate of drug-likeness (QED) is 0.398. The molecule has 0 aromatic heterocycles. The summed E-state index contributed by atoms with van der Waals surface area (Å²) in [5.41, 5.74) is 3.31. The zero-order valence-electron chi connectivity index (χ0n) is 7.96. The number of thiol groups is 1. The molecule has 0 aliphatic carbocycles. The lowest BCUT2D eigenvalue weighted by molar-refractivity contribution is 0.261. The van der Waals surface area contributed by atoms with E-state index in [1.807, 2.05) is 27.7 Å². The van der Waals surface area contributed by atoms with Gasteiger partial charge in [-0.05, 0) is 11.8 Å². The van der Waals surface area contributed by atoms with Gasteiger partial charge in [0.1, 0.15) is 0 Å². The molecule has 0 spiro atoms. The van der Waals surface area contributed by atoms with E-state index >= 15 is 0 Å². The van der Waals surface area contributed by atoms with Crippen molar-refractivity contribution < 1.29 is 4.79 Å². The van der Waals surface area contributed by atoms with Crippen LogP contribution in [0.2, 0.25) is 0 Å². The van der Waals surface area contributed by atoms with Crippen LogP contribution in [0, 0.1) is 11.8 Å². The number of rotatable bonds is 3. The Kier molecular flexibility index (Phi) is 4.97. The van der Waals surface area contributed by atoms with Gasteiger partial charge in [0, 0.05) is 5.71 Å². The van der Waals surface area contributed by atoms with Gasteiger partial charge in [0.2, 0.25) is 0 Å². The second-order valence-electron chi connectivity index (χ2n) is 3.26. The third-order valence-corrected chi connectivity index (χ3v) is 1.56. The molecular formula is C8H16N2OS. The fraction of sp³-hybridized carbons (Fsp3) is 0.750. The number of hydrogen-bond acceptors (Lipinski definition) is 2. The molecule has 0 atom stereocenters. The summed E-state index contributed by atoms with van der Waals surface area (Å²) in [7, 11) is 0. The first-order chi connectivity index (χ1) is 5.45. The van der Waals surface area contributed by atoms with Gasteiger partial charge in [0.25, 0.3) is 5.24 Å². The molecule has 70 valence electrons. The first kappa shape index (κ1) is 11.5. The molecule has 3 nitrogen and oxygen atoms in total. The molecule has 4 heteroatoms. The third-order valence-electron chi connectivity index (χ3n) is 1.46. The van der Waals surface area contributed by atoms with Crippen LogP contribution in [-0.2, 0) is 0 Å². The van der Waals surface area contributed by atoms with Crippen LogP contribution in [0.3, 0.4) is 0 Å². The highest BCUT2D eigenvalue weighted by molar-refractivity contribution is 7.96. The van der Waals surface area contributed by atoms with Crippen LogP contribution in [-0.4, -0.2) is 11.0 Å². The van der Waals surface area contributed by atoms with Crippen LogP contribution in [0.25, 0.3) is 0 Å². The van der Waals surface area contributed by atoms with Gasteiger partial charge in [0.15, 0.2) is 0 Å². The van der Waals surface area contributed by atoms with Gasteiger partial charge in [-0.3, -0.25) is 4.79 Å². The summed E-state index contributed by atoms with van der Waals surface area (Å²) >= 11 is 3.55. The maximum Gasteiger partial charge on any atom is 0.296 e. The van der Waals surface area contributed by atoms with E-state index in [4.69, 9.17) is 0 Å². The van der Waals surface area contributed by atoms with Crippen molar-refractivity contribution in [1.29, 1.82) is 0 Å². The van der Waals surface area contributed by atoms with E-state index in [0.29, 0.717) is 11.8 Å². The van der Waals surface area contributed by atoms with Crippen LogP contribution in [0.5, 0.6) is 0 Å². The second kappa shape index (κ2) is 5.19. The van der Waals surface area contributed by atoms with Crippen LogP contribution < -0.4 is 5.43 Å². The summed E-state index contributed by atoms with van der Waals surface area (Å²) in [4.78, 5) is 10.4.